The molecule has 0 spiro atoms. The van der Waals surface area contributed by atoms with Gasteiger partial charge >= 0.3 is 12.6 Å². The number of ether oxygens (including phenoxy) is 4. The number of methoxy groups -OCH3 is 1. The van der Waals surface area contributed by atoms with E-state index in [0.29, 0.717) is 0 Å². The lowest BCUT2D eigenvalue weighted by Crippen LogP contribution is -2.15. The van der Waals surface area contributed by atoms with Crippen molar-refractivity contribution in [3.8, 4) is 17.2 Å². The van der Waals surface area contributed by atoms with Crippen LogP contribution < -0.4 is 14.2 Å². The van der Waals surface area contributed by atoms with Crippen molar-refractivity contribution in [1.29, 1.82) is 0 Å². The van der Waals surface area contributed by atoms with Crippen molar-refractivity contribution < 1.29 is 41.8 Å². The summed E-state index contributed by atoms with van der Waals surface area (Å²) in [6.45, 7) is -4.42. The Bertz CT molecular complexity index is 861. The van der Waals surface area contributed by atoms with Crippen molar-refractivity contribution >= 4 is 11.7 Å². The maximum Gasteiger partial charge on any atom is 0.387 e. The molecule has 0 bridgehead atoms. The van der Waals surface area contributed by atoms with Crippen LogP contribution in [0.15, 0.2) is 36.4 Å². The Morgan fingerprint density at radius 1 is 1.18 bits per heavy atom. The third kappa shape index (κ3) is 5.50. The number of nitrogens with zero attached hydrogens (tertiary/aromatic N) is 1. The van der Waals surface area contributed by atoms with Crippen molar-refractivity contribution in [2.24, 2.45) is 0 Å². The quantitative estimate of drug-likeness (QED) is 0.361. The van der Waals surface area contributed by atoms with Crippen LogP contribution in [0.1, 0.15) is 5.56 Å². The molecule has 2 aromatic carbocycles. The van der Waals surface area contributed by atoms with E-state index < -0.39 is 48.0 Å². The Hall–Kier alpha value is -3.50. The van der Waals surface area contributed by atoms with Crippen molar-refractivity contribution in [2.45, 2.75) is 13.2 Å². The van der Waals surface area contributed by atoms with Crippen LogP contribution >= 0.6 is 0 Å². The molecule has 0 aliphatic carbocycles. The number of hydrogen-bond donors (Lipinski definition) is 0. The maximum atomic E-state index is 13.4. The zero-order valence-electron chi connectivity index (χ0n) is 14.4. The molecule has 0 N–H and O–H groups in total. The number of rotatable bonds is 9. The number of nitro groups is 1. The highest BCUT2D eigenvalue weighted by Gasteiger charge is 2.22. The van der Waals surface area contributed by atoms with Gasteiger partial charge in [-0.3, -0.25) is 10.1 Å². The van der Waals surface area contributed by atoms with Gasteiger partial charge in [0, 0.05) is 0 Å². The van der Waals surface area contributed by atoms with Gasteiger partial charge in [-0.25, -0.2) is 9.18 Å². The fraction of sp³-hybridized carbons (Fsp3) is 0.235. The summed E-state index contributed by atoms with van der Waals surface area (Å²) in [5, 5.41) is 11.2. The molecule has 0 aliphatic rings. The summed E-state index contributed by atoms with van der Waals surface area (Å²) in [6.07, 6.45) is 0. The van der Waals surface area contributed by atoms with E-state index in [1.165, 1.54) is 18.2 Å². The summed E-state index contributed by atoms with van der Waals surface area (Å²) in [4.78, 5) is 22.1. The van der Waals surface area contributed by atoms with E-state index in [9.17, 15) is 28.1 Å². The van der Waals surface area contributed by atoms with E-state index >= 15 is 0 Å². The highest BCUT2D eigenvalue weighted by atomic mass is 19.3. The first-order valence-electron chi connectivity index (χ1n) is 7.65. The third-order valence-electron chi connectivity index (χ3n) is 3.35. The molecule has 0 amide bonds. The van der Waals surface area contributed by atoms with Gasteiger partial charge in [-0.05, 0) is 18.2 Å². The highest BCUT2D eigenvalue weighted by molar-refractivity contribution is 5.71. The summed E-state index contributed by atoms with van der Waals surface area (Å²) in [5.74, 6) is -2.52. The standard InChI is InChI=1S/C17H14F3NO7/c1-25-14-6-10(12(21(23)24)7-15(14)28-17(19)20)8-27-16(22)9-26-13-5-3-2-4-11(13)18/h2-7,17H,8-9H2,1H3. The molecule has 0 aliphatic heterocycles. The first kappa shape index (κ1) is 20.8. The van der Waals surface area contributed by atoms with Gasteiger partial charge in [0.1, 0.15) is 6.61 Å². The number of para-hydroxylation sites is 1. The van der Waals surface area contributed by atoms with Crippen LogP contribution in [0.2, 0.25) is 0 Å². The number of nitro benzene ring substituents is 1. The van der Waals surface area contributed by atoms with Gasteiger partial charge in [0.25, 0.3) is 5.69 Å². The number of carbonyl (C=O) groups is 1. The molecule has 0 aromatic heterocycles. The predicted molar refractivity (Wildman–Crippen MR) is 88.0 cm³/mol. The van der Waals surface area contributed by atoms with Crippen molar-refractivity contribution in [3.63, 3.8) is 0 Å². The molecular formula is C17H14F3NO7. The molecule has 28 heavy (non-hydrogen) atoms. The van der Waals surface area contributed by atoms with Crippen LogP contribution in [0.25, 0.3) is 0 Å². The summed E-state index contributed by atoms with van der Waals surface area (Å²) in [7, 11) is 1.15. The van der Waals surface area contributed by atoms with Gasteiger partial charge in [-0.2, -0.15) is 8.78 Å². The second-order valence-electron chi connectivity index (χ2n) is 5.15. The molecule has 0 fully saturated rings. The van der Waals surface area contributed by atoms with E-state index in [0.717, 1.165) is 25.3 Å². The number of halogens is 3. The summed E-state index contributed by atoms with van der Waals surface area (Å²) >= 11 is 0. The smallest absolute Gasteiger partial charge is 0.387 e. The fourth-order valence-electron chi connectivity index (χ4n) is 2.12. The van der Waals surface area contributed by atoms with Crippen LogP contribution in [-0.4, -0.2) is 31.2 Å². The third-order valence-corrected chi connectivity index (χ3v) is 3.35. The monoisotopic (exact) mass is 401 g/mol. The van der Waals surface area contributed by atoms with E-state index in [4.69, 9.17) is 14.2 Å². The zero-order valence-corrected chi connectivity index (χ0v) is 14.4. The minimum absolute atomic E-state index is 0.122. The molecule has 2 rings (SSSR count). The van der Waals surface area contributed by atoms with E-state index in [-0.39, 0.29) is 17.1 Å². The number of benzene rings is 2. The topological polar surface area (TPSA) is 97.1 Å². The Balaban J connectivity index is 2.08. The minimum Gasteiger partial charge on any atom is -0.493 e. The number of alkyl halides is 2. The Kier molecular flexibility index (Phi) is 7.02. The average Bonchev–Trinajstić information content (AvgIpc) is 2.65. The molecule has 11 heteroatoms. The summed E-state index contributed by atoms with van der Waals surface area (Å²) in [5.41, 5.74) is -0.734. The molecule has 0 radical (unpaired) electrons. The van der Waals surface area contributed by atoms with E-state index in [1.54, 1.807) is 0 Å². The molecule has 0 atom stereocenters. The van der Waals surface area contributed by atoms with Gasteiger partial charge < -0.3 is 18.9 Å². The Morgan fingerprint density at radius 2 is 1.89 bits per heavy atom. The van der Waals surface area contributed by atoms with Crippen molar-refractivity contribution in [2.75, 3.05) is 13.7 Å². The average molecular weight is 401 g/mol. The first-order chi connectivity index (χ1) is 13.3. The van der Waals surface area contributed by atoms with Crippen molar-refractivity contribution in [1.82, 2.24) is 0 Å². The van der Waals surface area contributed by atoms with Crippen LogP contribution in [0.5, 0.6) is 17.2 Å². The molecule has 8 nitrogen and oxygen atoms in total. The lowest BCUT2D eigenvalue weighted by molar-refractivity contribution is -0.386. The minimum atomic E-state index is -3.22. The number of carbonyl (C=O) groups excluding carboxylic acids is 1. The van der Waals surface area contributed by atoms with Gasteiger partial charge in [-0.1, -0.05) is 12.1 Å². The normalized spacial score (nSPS) is 10.5. The van der Waals surface area contributed by atoms with Crippen LogP contribution in [0.3, 0.4) is 0 Å². The largest absolute Gasteiger partial charge is 0.493 e. The fourth-order valence-corrected chi connectivity index (χ4v) is 2.12. The summed E-state index contributed by atoms with van der Waals surface area (Å²) in [6, 6.07) is 7.17. The molecule has 0 heterocycles. The molecule has 150 valence electrons. The second-order valence-corrected chi connectivity index (χ2v) is 5.15. The molecular weight excluding hydrogens is 387 g/mol. The lowest BCUT2D eigenvalue weighted by Gasteiger charge is -2.12. The Labute approximate surface area is 156 Å². The maximum absolute atomic E-state index is 13.4. The highest BCUT2D eigenvalue weighted by Crippen LogP contribution is 2.36. The van der Waals surface area contributed by atoms with Gasteiger partial charge in [0.05, 0.1) is 23.7 Å². The lowest BCUT2D eigenvalue weighted by atomic mass is 10.1. The molecule has 0 saturated heterocycles. The first-order valence-corrected chi connectivity index (χ1v) is 7.65. The second kappa shape index (κ2) is 9.44. The number of hydrogen-bond acceptors (Lipinski definition) is 7. The summed E-state index contributed by atoms with van der Waals surface area (Å²) < 4.78 is 57.1. The molecule has 2 aromatic rings. The predicted octanol–water partition coefficient (Wildman–Crippen LogP) is 3.47. The van der Waals surface area contributed by atoms with Gasteiger partial charge in [0.2, 0.25) is 0 Å². The van der Waals surface area contributed by atoms with Crippen molar-refractivity contribution in [3.05, 3.63) is 57.9 Å². The van der Waals surface area contributed by atoms with Crippen LogP contribution in [0.4, 0.5) is 18.9 Å². The van der Waals surface area contributed by atoms with Gasteiger partial charge in [0.15, 0.2) is 29.7 Å². The number of esters is 1. The molecule has 0 saturated carbocycles. The van der Waals surface area contributed by atoms with Crippen LogP contribution in [-0.2, 0) is 16.1 Å². The Morgan fingerprint density at radius 3 is 2.50 bits per heavy atom. The molecule has 0 unspecified atom stereocenters. The van der Waals surface area contributed by atoms with E-state index in [2.05, 4.69) is 4.74 Å². The zero-order chi connectivity index (χ0) is 20.7. The van der Waals surface area contributed by atoms with E-state index in [1.807, 2.05) is 0 Å². The van der Waals surface area contributed by atoms with Gasteiger partial charge in [-0.15, -0.1) is 0 Å². The SMILES string of the molecule is COc1cc(COC(=O)COc2ccccc2F)c([N+](=O)[O-])cc1OC(F)F. The van der Waals surface area contributed by atoms with Crippen LogP contribution in [0, 0.1) is 15.9 Å².